The van der Waals surface area contributed by atoms with Crippen molar-refractivity contribution in [2.24, 2.45) is 0 Å². The van der Waals surface area contributed by atoms with E-state index in [4.69, 9.17) is 11.5 Å². The highest BCUT2D eigenvalue weighted by molar-refractivity contribution is 5.64. The summed E-state index contributed by atoms with van der Waals surface area (Å²) in [4.78, 5) is 0. The number of benzene rings is 1. The molecule has 1 rings (SSSR count). The molecule has 0 saturated carbocycles. The maximum absolute atomic E-state index is 13.4. The smallest absolute Gasteiger partial charge is 0.148 e. The second-order valence-electron chi connectivity index (χ2n) is 4.50. The fourth-order valence-electron chi connectivity index (χ4n) is 1.99. The summed E-state index contributed by atoms with van der Waals surface area (Å²) >= 11 is 0. The van der Waals surface area contributed by atoms with E-state index >= 15 is 0 Å². The molecule has 0 fully saturated rings. The molecule has 2 nitrogen and oxygen atoms in total. The zero-order valence-corrected chi connectivity index (χ0v) is 9.76. The molecule has 0 unspecified atom stereocenters. The molecule has 0 aliphatic heterocycles. The van der Waals surface area contributed by atoms with Crippen LogP contribution in [0.4, 0.5) is 15.8 Å². The highest BCUT2D eigenvalue weighted by Crippen LogP contribution is 2.36. The summed E-state index contributed by atoms with van der Waals surface area (Å²) < 4.78 is 13.4. The summed E-state index contributed by atoms with van der Waals surface area (Å²) in [6.45, 7) is 8.07. The summed E-state index contributed by atoms with van der Waals surface area (Å²) in [5.74, 6) is 0.0197. The largest absolute Gasteiger partial charge is 0.398 e. The van der Waals surface area contributed by atoms with E-state index in [9.17, 15) is 4.39 Å². The van der Waals surface area contributed by atoms with Gasteiger partial charge in [-0.15, -0.1) is 0 Å². The Bertz CT molecular complexity index is 370. The Hall–Kier alpha value is -1.25. The van der Waals surface area contributed by atoms with Crippen molar-refractivity contribution in [2.75, 3.05) is 11.5 Å². The number of rotatable bonds is 2. The summed E-state index contributed by atoms with van der Waals surface area (Å²) in [5.41, 5.74) is 14.2. The quantitative estimate of drug-likeness (QED) is 0.736. The lowest BCUT2D eigenvalue weighted by Crippen LogP contribution is -2.09. The number of nitrogens with two attached hydrogens (primary N) is 2. The Morgan fingerprint density at radius 2 is 1.47 bits per heavy atom. The van der Waals surface area contributed by atoms with Crippen LogP contribution in [0, 0.1) is 5.82 Å². The van der Waals surface area contributed by atoms with E-state index in [1.165, 1.54) is 6.07 Å². The minimum Gasteiger partial charge on any atom is -0.398 e. The summed E-state index contributed by atoms with van der Waals surface area (Å²) in [5, 5.41) is 0. The molecule has 0 heterocycles. The second kappa shape index (κ2) is 4.09. The Morgan fingerprint density at radius 1 is 1.00 bits per heavy atom. The van der Waals surface area contributed by atoms with Crippen LogP contribution in [0.1, 0.15) is 50.7 Å². The predicted octanol–water partition coefficient (Wildman–Crippen LogP) is 3.24. The Morgan fingerprint density at radius 3 is 1.87 bits per heavy atom. The van der Waals surface area contributed by atoms with Crippen molar-refractivity contribution in [2.45, 2.75) is 39.5 Å². The van der Waals surface area contributed by atoms with Crippen LogP contribution in [0.2, 0.25) is 0 Å². The van der Waals surface area contributed by atoms with E-state index in [0.29, 0.717) is 5.69 Å². The van der Waals surface area contributed by atoms with Gasteiger partial charge in [-0.25, -0.2) is 4.39 Å². The minimum absolute atomic E-state index is 0.181. The highest BCUT2D eigenvalue weighted by Gasteiger charge is 2.19. The Labute approximate surface area is 90.5 Å². The highest BCUT2D eigenvalue weighted by atomic mass is 19.1. The van der Waals surface area contributed by atoms with Crippen LogP contribution in [0.5, 0.6) is 0 Å². The van der Waals surface area contributed by atoms with E-state index in [-0.39, 0.29) is 17.5 Å². The van der Waals surface area contributed by atoms with Crippen molar-refractivity contribution in [3.63, 3.8) is 0 Å². The summed E-state index contributed by atoms with van der Waals surface area (Å²) in [6.07, 6.45) is 0. The first-order valence-corrected chi connectivity index (χ1v) is 5.23. The number of hydrogen-bond donors (Lipinski definition) is 2. The van der Waals surface area contributed by atoms with Gasteiger partial charge >= 0.3 is 0 Å². The first kappa shape index (κ1) is 11.8. The van der Waals surface area contributed by atoms with Crippen molar-refractivity contribution >= 4 is 11.4 Å². The van der Waals surface area contributed by atoms with E-state index < -0.39 is 5.82 Å². The molecular formula is C12H19FN2. The van der Waals surface area contributed by atoms with Crippen LogP contribution in [0.3, 0.4) is 0 Å². The molecule has 15 heavy (non-hydrogen) atoms. The SMILES string of the molecule is CC(C)c1c(N)cc(F)c(N)c1C(C)C. The van der Waals surface area contributed by atoms with Crippen LogP contribution < -0.4 is 11.5 Å². The number of hydrogen-bond acceptors (Lipinski definition) is 2. The zero-order valence-electron chi connectivity index (χ0n) is 9.76. The van der Waals surface area contributed by atoms with Crippen LogP contribution in [-0.2, 0) is 0 Å². The Balaban J connectivity index is 3.54. The van der Waals surface area contributed by atoms with E-state index in [2.05, 4.69) is 0 Å². The van der Waals surface area contributed by atoms with E-state index in [0.717, 1.165) is 11.1 Å². The molecule has 0 radical (unpaired) electrons. The molecule has 0 aromatic heterocycles. The molecule has 0 spiro atoms. The van der Waals surface area contributed by atoms with Gasteiger partial charge in [0.05, 0.1) is 5.69 Å². The Kier molecular flexibility index (Phi) is 3.22. The minimum atomic E-state index is -0.416. The van der Waals surface area contributed by atoms with Crippen molar-refractivity contribution in [3.05, 3.63) is 23.0 Å². The molecule has 1 aromatic rings. The lowest BCUT2D eigenvalue weighted by molar-refractivity contribution is 0.627. The lowest BCUT2D eigenvalue weighted by atomic mass is 9.88. The molecule has 1 aromatic carbocycles. The van der Waals surface area contributed by atoms with Crippen molar-refractivity contribution in [1.29, 1.82) is 0 Å². The van der Waals surface area contributed by atoms with Crippen molar-refractivity contribution in [1.82, 2.24) is 0 Å². The molecule has 0 aliphatic rings. The molecule has 0 bridgehead atoms. The maximum atomic E-state index is 13.4. The molecule has 0 saturated heterocycles. The van der Waals surface area contributed by atoms with Crippen molar-refractivity contribution < 1.29 is 4.39 Å². The molecule has 0 aliphatic carbocycles. The van der Waals surface area contributed by atoms with Crippen LogP contribution in [0.25, 0.3) is 0 Å². The zero-order chi connectivity index (χ0) is 11.7. The van der Waals surface area contributed by atoms with Crippen LogP contribution in [0.15, 0.2) is 6.07 Å². The molecule has 0 amide bonds. The molecule has 84 valence electrons. The monoisotopic (exact) mass is 210 g/mol. The summed E-state index contributed by atoms with van der Waals surface area (Å²) in [6, 6.07) is 1.32. The second-order valence-corrected chi connectivity index (χ2v) is 4.50. The van der Waals surface area contributed by atoms with Gasteiger partial charge in [0, 0.05) is 5.69 Å². The molecule has 4 N–H and O–H groups in total. The van der Waals surface area contributed by atoms with Gasteiger partial charge < -0.3 is 11.5 Å². The summed E-state index contributed by atoms with van der Waals surface area (Å²) in [7, 11) is 0. The topological polar surface area (TPSA) is 52.0 Å². The maximum Gasteiger partial charge on any atom is 0.148 e. The first-order valence-electron chi connectivity index (χ1n) is 5.23. The lowest BCUT2D eigenvalue weighted by Gasteiger charge is -2.20. The van der Waals surface area contributed by atoms with Gasteiger partial charge in [0.25, 0.3) is 0 Å². The van der Waals surface area contributed by atoms with Gasteiger partial charge in [0.2, 0.25) is 0 Å². The standard InChI is InChI=1S/C12H19FN2/c1-6(2)10-9(14)5-8(13)12(15)11(10)7(3)4/h5-7H,14-15H2,1-4H3. The van der Waals surface area contributed by atoms with Gasteiger partial charge in [0.15, 0.2) is 0 Å². The molecule has 0 atom stereocenters. The molecule has 3 heteroatoms. The third-order valence-corrected chi connectivity index (χ3v) is 2.59. The average Bonchev–Trinajstić information content (AvgIpc) is 2.09. The van der Waals surface area contributed by atoms with Gasteiger partial charge in [-0.05, 0) is 29.0 Å². The van der Waals surface area contributed by atoms with E-state index in [1.54, 1.807) is 0 Å². The van der Waals surface area contributed by atoms with Gasteiger partial charge in [-0.2, -0.15) is 0 Å². The fraction of sp³-hybridized carbons (Fsp3) is 0.500. The number of nitrogen functional groups attached to an aromatic ring is 2. The third kappa shape index (κ3) is 2.06. The number of halogens is 1. The predicted molar refractivity (Wildman–Crippen MR) is 63.4 cm³/mol. The van der Waals surface area contributed by atoms with Gasteiger partial charge in [0.1, 0.15) is 5.82 Å². The van der Waals surface area contributed by atoms with Crippen molar-refractivity contribution in [3.8, 4) is 0 Å². The first-order chi connectivity index (χ1) is 6.86. The third-order valence-electron chi connectivity index (χ3n) is 2.59. The fourth-order valence-corrected chi connectivity index (χ4v) is 1.99. The van der Waals surface area contributed by atoms with Crippen LogP contribution >= 0.6 is 0 Å². The van der Waals surface area contributed by atoms with Gasteiger partial charge in [-0.1, -0.05) is 27.7 Å². The normalized spacial score (nSPS) is 11.4. The number of anilines is 2. The van der Waals surface area contributed by atoms with E-state index in [1.807, 2.05) is 27.7 Å². The average molecular weight is 210 g/mol. The van der Waals surface area contributed by atoms with Crippen LogP contribution in [-0.4, -0.2) is 0 Å². The van der Waals surface area contributed by atoms with Gasteiger partial charge in [-0.3, -0.25) is 0 Å². The molecular weight excluding hydrogens is 191 g/mol.